The number of hydrogen-bond acceptors (Lipinski definition) is 2. The number of nitrogens with two attached hydrogens (primary N) is 1. The smallest absolute Gasteiger partial charge is 0.0598 e. The average Bonchev–Trinajstić information content (AvgIpc) is 2.69. The molecule has 1 aliphatic carbocycles. The molecule has 2 heteroatoms. The van der Waals surface area contributed by atoms with Gasteiger partial charge in [0, 0.05) is 20.5 Å². The van der Waals surface area contributed by atoms with Crippen LogP contribution in [0.3, 0.4) is 0 Å². The van der Waals surface area contributed by atoms with Gasteiger partial charge in [0.2, 0.25) is 0 Å². The van der Waals surface area contributed by atoms with Gasteiger partial charge in [-0.1, -0.05) is 30.3 Å². The largest absolute Gasteiger partial charge is 0.397 e. The van der Waals surface area contributed by atoms with Crippen molar-refractivity contribution >= 4 is 11.4 Å². The average molecular weight is 224 g/mol. The summed E-state index contributed by atoms with van der Waals surface area (Å²) in [6, 6.07) is 12.8. The lowest BCUT2D eigenvalue weighted by atomic mass is 10.0. The number of benzene rings is 2. The van der Waals surface area contributed by atoms with Crippen LogP contribution in [0, 0.1) is 0 Å². The number of nitrogen functional groups attached to an aromatic ring is 1. The van der Waals surface area contributed by atoms with Gasteiger partial charge in [-0.15, -0.1) is 0 Å². The van der Waals surface area contributed by atoms with Gasteiger partial charge < -0.3 is 10.6 Å². The maximum atomic E-state index is 6.27. The van der Waals surface area contributed by atoms with Crippen molar-refractivity contribution in [2.45, 2.75) is 6.42 Å². The van der Waals surface area contributed by atoms with Gasteiger partial charge in [0.05, 0.1) is 11.4 Å². The number of fused-ring (bicyclic) bond motifs is 3. The van der Waals surface area contributed by atoms with Gasteiger partial charge >= 0.3 is 0 Å². The first-order valence-electron chi connectivity index (χ1n) is 5.85. The molecule has 0 aromatic heterocycles. The van der Waals surface area contributed by atoms with Gasteiger partial charge in [-0.25, -0.2) is 0 Å². The van der Waals surface area contributed by atoms with Crippen molar-refractivity contribution in [1.82, 2.24) is 0 Å². The number of rotatable bonds is 1. The number of hydrogen-bond donors (Lipinski definition) is 1. The van der Waals surface area contributed by atoms with E-state index in [4.69, 9.17) is 5.73 Å². The molecule has 0 bridgehead atoms. The molecular weight excluding hydrogens is 208 g/mol. The highest BCUT2D eigenvalue weighted by Gasteiger charge is 2.21. The Balaban J connectivity index is 2.22. The molecule has 0 amide bonds. The molecule has 0 aliphatic heterocycles. The summed E-state index contributed by atoms with van der Waals surface area (Å²) in [4.78, 5) is 2.07. The molecule has 2 nitrogen and oxygen atoms in total. The second-order valence-corrected chi connectivity index (χ2v) is 4.75. The van der Waals surface area contributed by atoms with Crippen molar-refractivity contribution < 1.29 is 0 Å². The second kappa shape index (κ2) is 3.52. The van der Waals surface area contributed by atoms with Crippen LogP contribution in [0.15, 0.2) is 36.4 Å². The Morgan fingerprint density at radius 2 is 1.76 bits per heavy atom. The van der Waals surface area contributed by atoms with E-state index in [9.17, 15) is 0 Å². The Morgan fingerprint density at radius 3 is 2.53 bits per heavy atom. The first kappa shape index (κ1) is 10.2. The normalized spacial score (nSPS) is 12.1. The zero-order valence-electron chi connectivity index (χ0n) is 10.2. The molecule has 0 saturated heterocycles. The highest BCUT2D eigenvalue weighted by molar-refractivity contribution is 5.86. The van der Waals surface area contributed by atoms with Gasteiger partial charge in [-0.3, -0.25) is 0 Å². The Bertz CT molecular complexity index is 585. The zero-order valence-corrected chi connectivity index (χ0v) is 10.2. The van der Waals surface area contributed by atoms with E-state index >= 15 is 0 Å². The van der Waals surface area contributed by atoms with Crippen LogP contribution in [0.4, 0.5) is 11.4 Å². The maximum absolute atomic E-state index is 6.27. The summed E-state index contributed by atoms with van der Waals surface area (Å²) in [6.45, 7) is 0. The van der Waals surface area contributed by atoms with Gasteiger partial charge in [-0.2, -0.15) is 0 Å². The fourth-order valence-electron chi connectivity index (χ4n) is 2.61. The third kappa shape index (κ3) is 1.41. The Kier molecular flexibility index (Phi) is 2.11. The summed E-state index contributed by atoms with van der Waals surface area (Å²) in [5, 5.41) is 0. The highest BCUT2D eigenvalue weighted by atomic mass is 15.1. The molecule has 0 atom stereocenters. The molecule has 0 saturated carbocycles. The number of nitrogens with zero attached hydrogens (tertiary/aromatic N) is 1. The number of anilines is 2. The summed E-state index contributed by atoms with van der Waals surface area (Å²) >= 11 is 0. The molecule has 86 valence electrons. The minimum absolute atomic E-state index is 0.920. The van der Waals surface area contributed by atoms with Gasteiger partial charge in [0.15, 0.2) is 0 Å². The van der Waals surface area contributed by atoms with Crippen LogP contribution in [-0.4, -0.2) is 14.1 Å². The third-order valence-corrected chi connectivity index (χ3v) is 3.49. The van der Waals surface area contributed by atoms with E-state index in [1.54, 1.807) is 0 Å². The first-order chi connectivity index (χ1) is 8.18. The Hall–Kier alpha value is -1.96. The predicted octanol–water partition coefficient (Wildman–Crippen LogP) is 2.91. The van der Waals surface area contributed by atoms with E-state index in [-0.39, 0.29) is 0 Å². The molecule has 3 rings (SSSR count). The Morgan fingerprint density at radius 1 is 1.00 bits per heavy atom. The summed E-state index contributed by atoms with van der Waals surface area (Å²) in [7, 11) is 4.06. The van der Waals surface area contributed by atoms with Crippen molar-refractivity contribution in [2.75, 3.05) is 24.7 Å². The first-order valence-corrected chi connectivity index (χ1v) is 5.85. The predicted molar refractivity (Wildman–Crippen MR) is 73.4 cm³/mol. The van der Waals surface area contributed by atoms with Gasteiger partial charge in [0.1, 0.15) is 0 Å². The third-order valence-electron chi connectivity index (χ3n) is 3.49. The highest BCUT2D eigenvalue weighted by Crippen LogP contribution is 2.42. The van der Waals surface area contributed by atoms with E-state index in [1.165, 1.54) is 22.3 Å². The topological polar surface area (TPSA) is 29.3 Å². The zero-order chi connectivity index (χ0) is 12.0. The van der Waals surface area contributed by atoms with Crippen LogP contribution in [-0.2, 0) is 6.42 Å². The van der Waals surface area contributed by atoms with Crippen LogP contribution in [0.1, 0.15) is 11.1 Å². The summed E-state index contributed by atoms with van der Waals surface area (Å²) < 4.78 is 0. The van der Waals surface area contributed by atoms with Crippen LogP contribution in [0.25, 0.3) is 11.1 Å². The molecule has 2 N–H and O–H groups in total. The summed E-state index contributed by atoms with van der Waals surface area (Å²) in [5.74, 6) is 0. The fourth-order valence-corrected chi connectivity index (χ4v) is 2.61. The fraction of sp³-hybridized carbons (Fsp3) is 0.200. The maximum Gasteiger partial charge on any atom is 0.0598 e. The Labute approximate surface area is 102 Å². The van der Waals surface area contributed by atoms with Crippen molar-refractivity contribution in [1.29, 1.82) is 0 Å². The molecule has 2 aromatic rings. The summed E-state index contributed by atoms with van der Waals surface area (Å²) in [6.07, 6.45) is 0.957. The lowest BCUT2D eigenvalue weighted by Crippen LogP contribution is -2.12. The second-order valence-electron chi connectivity index (χ2n) is 4.75. The molecule has 0 fully saturated rings. The molecule has 1 aliphatic rings. The molecule has 2 aromatic carbocycles. The minimum atomic E-state index is 0.920. The van der Waals surface area contributed by atoms with Crippen molar-refractivity contribution in [3.63, 3.8) is 0 Å². The molecular formula is C15H16N2. The molecule has 0 heterocycles. The molecule has 0 unspecified atom stereocenters. The van der Waals surface area contributed by atoms with E-state index in [0.29, 0.717) is 0 Å². The van der Waals surface area contributed by atoms with E-state index in [0.717, 1.165) is 17.8 Å². The quantitative estimate of drug-likeness (QED) is 0.644. The monoisotopic (exact) mass is 224 g/mol. The van der Waals surface area contributed by atoms with Crippen LogP contribution in [0.2, 0.25) is 0 Å². The summed E-state index contributed by atoms with van der Waals surface area (Å²) in [5.41, 5.74) is 13.6. The minimum Gasteiger partial charge on any atom is -0.397 e. The van der Waals surface area contributed by atoms with Gasteiger partial charge in [0.25, 0.3) is 0 Å². The standard InChI is InChI=1S/C15H16N2/c1-17(2)14-8-7-12-11-6-4-3-5-10(11)9-13(12)15(14)16/h3-8H,9,16H2,1-2H3. The van der Waals surface area contributed by atoms with Crippen molar-refractivity contribution in [3.05, 3.63) is 47.5 Å². The molecule has 0 spiro atoms. The van der Waals surface area contributed by atoms with Crippen LogP contribution >= 0.6 is 0 Å². The van der Waals surface area contributed by atoms with Crippen LogP contribution < -0.4 is 10.6 Å². The van der Waals surface area contributed by atoms with Crippen molar-refractivity contribution in [2.24, 2.45) is 0 Å². The SMILES string of the molecule is CN(C)c1ccc2c(c1N)Cc1ccccc1-2. The van der Waals surface area contributed by atoms with Crippen LogP contribution in [0.5, 0.6) is 0 Å². The molecule has 17 heavy (non-hydrogen) atoms. The van der Waals surface area contributed by atoms with E-state index in [2.05, 4.69) is 41.3 Å². The van der Waals surface area contributed by atoms with E-state index in [1.807, 2.05) is 14.1 Å². The lowest BCUT2D eigenvalue weighted by molar-refractivity contribution is 1.13. The lowest BCUT2D eigenvalue weighted by Gasteiger charge is -2.17. The molecule has 0 radical (unpaired) electrons. The van der Waals surface area contributed by atoms with E-state index < -0.39 is 0 Å². The van der Waals surface area contributed by atoms with Crippen molar-refractivity contribution in [3.8, 4) is 11.1 Å². The van der Waals surface area contributed by atoms with Gasteiger partial charge in [-0.05, 0) is 28.3 Å².